The molecule has 1 aromatic heterocycles. The monoisotopic (exact) mass is 376 g/mol. The third kappa shape index (κ3) is 4.65. The first-order chi connectivity index (χ1) is 13.5. The minimum Gasteiger partial charge on any atom is -0.497 e. The normalized spacial score (nSPS) is 10.4. The van der Waals surface area contributed by atoms with Gasteiger partial charge in [-0.05, 0) is 49.6 Å². The SMILES string of the molecule is COc1ccc(CNc2ncc(C(=O)Nc3c(C)cc(C)cc3C)cn2)cc1. The summed E-state index contributed by atoms with van der Waals surface area (Å²) in [4.78, 5) is 21.0. The van der Waals surface area contributed by atoms with Crippen LogP contribution < -0.4 is 15.4 Å². The minimum absolute atomic E-state index is 0.225. The molecule has 0 saturated carbocycles. The summed E-state index contributed by atoms with van der Waals surface area (Å²) in [6, 6.07) is 11.8. The number of nitrogens with one attached hydrogen (secondary N) is 2. The molecule has 2 aromatic carbocycles. The molecule has 0 atom stereocenters. The summed E-state index contributed by atoms with van der Waals surface area (Å²) in [5, 5.41) is 6.10. The molecule has 6 nitrogen and oxygen atoms in total. The maximum absolute atomic E-state index is 12.5. The molecule has 0 aliphatic carbocycles. The van der Waals surface area contributed by atoms with Crippen molar-refractivity contribution in [3.05, 3.63) is 76.6 Å². The number of benzene rings is 2. The van der Waals surface area contributed by atoms with Crippen molar-refractivity contribution in [2.75, 3.05) is 17.7 Å². The number of amides is 1. The zero-order valence-electron chi connectivity index (χ0n) is 16.5. The van der Waals surface area contributed by atoms with Crippen LogP contribution in [0.1, 0.15) is 32.6 Å². The Hall–Kier alpha value is -3.41. The van der Waals surface area contributed by atoms with E-state index in [9.17, 15) is 4.79 Å². The van der Waals surface area contributed by atoms with Crippen molar-refractivity contribution < 1.29 is 9.53 Å². The van der Waals surface area contributed by atoms with E-state index >= 15 is 0 Å². The zero-order chi connectivity index (χ0) is 20.1. The number of methoxy groups -OCH3 is 1. The van der Waals surface area contributed by atoms with Crippen molar-refractivity contribution in [1.82, 2.24) is 9.97 Å². The Morgan fingerprint density at radius 3 is 2.18 bits per heavy atom. The fourth-order valence-electron chi connectivity index (χ4n) is 3.02. The lowest BCUT2D eigenvalue weighted by atomic mass is 10.0. The highest BCUT2D eigenvalue weighted by Crippen LogP contribution is 2.22. The van der Waals surface area contributed by atoms with Gasteiger partial charge >= 0.3 is 0 Å². The Morgan fingerprint density at radius 1 is 1.00 bits per heavy atom. The Morgan fingerprint density at radius 2 is 1.61 bits per heavy atom. The van der Waals surface area contributed by atoms with E-state index in [0.29, 0.717) is 18.1 Å². The van der Waals surface area contributed by atoms with Crippen LogP contribution in [0, 0.1) is 20.8 Å². The number of hydrogen-bond acceptors (Lipinski definition) is 5. The molecule has 0 aliphatic heterocycles. The molecule has 6 heteroatoms. The Bertz CT molecular complexity index is 944. The van der Waals surface area contributed by atoms with E-state index < -0.39 is 0 Å². The van der Waals surface area contributed by atoms with Gasteiger partial charge in [-0.15, -0.1) is 0 Å². The van der Waals surface area contributed by atoms with Gasteiger partial charge in [-0.1, -0.05) is 29.8 Å². The summed E-state index contributed by atoms with van der Waals surface area (Å²) >= 11 is 0. The van der Waals surface area contributed by atoms with Crippen LogP contribution in [0.2, 0.25) is 0 Å². The quantitative estimate of drug-likeness (QED) is 0.672. The maximum atomic E-state index is 12.5. The largest absolute Gasteiger partial charge is 0.497 e. The molecule has 0 unspecified atom stereocenters. The fourth-order valence-corrected chi connectivity index (χ4v) is 3.02. The van der Waals surface area contributed by atoms with Crippen molar-refractivity contribution in [2.24, 2.45) is 0 Å². The molecule has 2 N–H and O–H groups in total. The van der Waals surface area contributed by atoms with Crippen molar-refractivity contribution in [2.45, 2.75) is 27.3 Å². The second kappa shape index (κ2) is 8.52. The van der Waals surface area contributed by atoms with Crippen LogP contribution in [0.15, 0.2) is 48.8 Å². The van der Waals surface area contributed by atoms with Crippen molar-refractivity contribution >= 4 is 17.5 Å². The van der Waals surface area contributed by atoms with Crippen LogP contribution in [-0.4, -0.2) is 23.0 Å². The highest BCUT2D eigenvalue weighted by molar-refractivity contribution is 6.04. The molecule has 0 radical (unpaired) electrons. The van der Waals surface area contributed by atoms with Gasteiger partial charge in [-0.25, -0.2) is 9.97 Å². The Balaban J connectivity index is 1.62. The molecule has 1 heterocycles. The van der Waals surface area contributed by atoms with Crippen LogP contribution in [0.25, 0.3) is 0 Å². The highest BCUT2D eigenvalue weighted by atomic mass is 16.5. The lowest BCUT2D eigenvalue weighted by Gasteiger charge is -2.13. The lowest BCUT2D eigenvalue weighted by Crippen LogP contribution is -2.15. The van der Waals surface area contributed by atoms with Crippen LogP contribution in [-0.2, 0) is 6.54 Å². The molecule has 3 aromatic rings. The summed E-state index contributed by atoms with van der Waals surface area (Å²) in [5.74, 6) is 1.06. The Kier molecular flexibility index (Phi) is 5.89. The topological polar surface area (TPSA) is 76.1 Å². The number of hydrogen-bond donors (Lipinski definition) is 2. The van der Waals surface area contributed by atoms with E-state index in [1.165, 1.54) is 18.0 Å². The number of nitrogens with zero attached hydrogens (tertiary/aromatic N) is 2. The number of aromatic nitrogens is 2. The first kappa shape index (κ1) is 19.4. The van der Waals surface area contributed by atoms with Crippen LogP contribution in [0.4, 0.5) is 11.6 Å². The van der Waals surface area contributed by atoms with Gasteiger partial charge in [0.15, 0.2) is 0 Å². The standard InChI is InChI=1S/C22H24N4O2/c1-14-9-15(2)20(16(3)10-14)26-21(27)18-12-24-22(25-13-18)23-11-17-5-7-19(28-4)8-6-17/h5-10,12-13H,11H2,1-4H3,(H,26,27)(H,23,24,25). The first-order valence-corrected chi connectivity index (χ1v) is 9.04. The van der Waals surface area contributed by atoms with Crippen LogP contribution in [0.3, 0.4) is 0 Å². The van der Waals surface area contributed by atoms with Gasteiger partial charge < -0.3 is 15.4 Å². The smallest absolute Gasteiger partial charge is 0.258 e. The minimum atomic E-state index is -0.225. The molecule has 0 bridgehead atoms. The molecule has 0 spiro atoms. The zero-order valence-corrected chi connectivity index (χ0v) is 16.5. The molecule has 3 rings (SSSR count). The number of anilines is 2. The Labute approximate surface area is 165 Å². The molecule has 144 valence electrons. The van der Waals surface area contributed by atoms with E-state index in [1.54, 1.807) is 7.11 Å². The molecular formula is C22H24N4O2. The fraction of sp³-hybridized carbons (Fsp3) is 0.227. The van der Waals surface area contributed by atoms with Gasteiger partial charge in [-0.3, -0.25) is 4.79 Å². The van der Waals surface area contributed by atoms with E-state index in [2.05, 4.69) is 20.6 Å². The van der Waals surface area contributed by atoms with Gasteiger partial charge in [0.2, 0.25) is 5.95 Å². The molecule has 0 aliphatic rings. The summed E-state index contributed by atoms with van der Waals surface area (Å²) in [5.41, 5.74) is 5.56. The van der Waals surface area contributed by atoms with Gasteiger partial charge in [0.25, 0.3) is 5.91 Å². The summed E-state index contributed by atoms with van der Waals surface area (Å²) in [6.45, 7) is 6.59. The molecule has 28 heavy (non-hydrogen) atoms. The van der Waals surface area contributed by atoms with Crippen LogP contribution >= 0.6 is 0 Å². The van der Waals surface area contributed by atoms with Gasteiger partial charge in [0.1, 0.15) is 5.75 Å². The number of ether oxygens (including phenoxy) is 1. The lowest BCUT2D eigenvalue weighted by molar-refractivity contribution is 0.102. The van der Waals surface area contributed by atoms with Crippen LogP contribution in [0.5, 0.6) is 5.75 Å². The van der Waals surface area contributed by atoms with Crippen molar-refractivity contribution in [3.8, 4) is 5.75 Å². The van der Waals surface area contributed by atoms with E-state index in [-0.39, 0.29) is 5.91 Å². The third-order valence-electron chi connectivity index (χ3n) is 4.44. The predicted molar refractivity (Wildman–Crippen MR) is 111 cm³/mol. The van der Waals surface area contributed by atoms with E-state index in [4.69, 9.17) is 4.74 Å². The van der Waals surface area contributed by atoms with Gasteiger partial charge in [0, 0.05) is 24.6 Å². The van der Waals surface area contributed by atoms with Crippen molar-refractivity contribution in [3.63, 3.8) is 0 Å². The predicted octanol–water partition coefficient (Wildman–Crippen LogP) is 4.27. The average molecular weight is 376 g/mol. The van der Waals surface area contributed by atoms with Crippen molar-refractivity contribution in [1.29, 1.82) is 0 Å². The number of carbonyl (C=O) groups is 1. The summed E-state index contributed by atoms with van der Waals surface area (Å²) < 4.78 is 5.15. The first-order valence-electron chi connectivity index (χ1n) is 9.04. The maximum Gasteiger partial charge on any atom is 0.258 e. The van der Waals surface area contributed by atoms with E-state index in [1.807, 2.05) is 57.2 Å². The number of rotatable bonds is 6. The van der Waals surface area contributed by atoms with E-state index in [0.717, 1.165) is 28.1 Å². The van der Waals surface area contributed by atoms with Gasteiger partial charge in [0.05, 0.1) is 12.7 Å². The second-order valence-electron chi connectivity index (χ2n) is 6.72. The molecule has 1 amide bonds. The average Bonchev–Trinajstić information content (AvgIpc) is 2.69. The van der Waals surface area contributed by atoms with Gasteiger partial charge in [-0.2, -0.15) is 0 Å². The molecule has 0 saturated heterocycles. The number of carbonyl (C=O) groups excluding carboxylic acids is 1. The highest BCUT2D eigenvalue weighted by Gasteiger charge is 2.11. The second-order valence-corrected chi connectivity index (χ2v) is 6.72. The summed E-state index contributed by atoms with van der Waals surface area (Å²) in [6.07, 6.45) is 3.05. The third-order valence-corrected chi connectivity index (χ3v) is 4.44. The molecular weight excluding hydrogens is 352 g/mol. The summed E-state index contributed by atoms with van der Waals surface area (Å²) in [7, 11) is 1.64. The molecule has 0 fully saturated rings. The number of aryl methyl sites for hydroxylation is 3.